The van der Waals surface area contributed by atoms with Gasteiger partial charge < -0.3 is 10.5 Å². The summed E-state index contributed by atoms with van der Waals surface area (Å²) in [6.45, 7) is 6.24. The van der Waals surface area contributed by atoms with Crippen LogP contribution >= 0.6 is 0 Å². The molecule has 3 heteroatoms. The van der Waals surface area contributed by atoms with Gasteiger partial charge in [-0.25, -0.2) is 0 Å². The largest absolute Gasteiger partial charge is 0.371 e. The zero-order chi connectivity index (χ0) is 8.59. The quantitative estimate of drug-likeness (QED) is 0.554. The predicted molar refractivity (Wildman–Crippen MR) is 45.2 cm³/mol. The average molecular weight is 158 g/mol. The molecule has 1 heterocycles. The first-order valence-electron chi connectivity index (χ1n) is 4.17. The van der Waals surface area contributed by atoms with Crippen molar-refractivity contribution in [3.63, 3.8) is 0 Å². The van der Waals surface area contributed by atoms with Crippen LogP contribution in [0.15, 0.2) is 0 Å². The van der Waals surface area contributed by atoms with Gasteiger partial charge in [0.1, 0.15) is 0 Å². The van der Waals surface area contributed by atoms with Crippen LogP contribution in [0.25, 0.3) is 0 Å². The molecule has 0 radical (unpaired) electrons. The number of nitrogens with two attached hydrogens (primary N) is 1. The summed E-state index contributed by atoms with van der Waals surface area (Å²) in [6, 6.07) is 0.418. The molecule has 0 amide bonds. The number of likely N-dealkylation sites (N-methyl/N-ethyl adjacent to an activating group) is 1. The van der Waals surface area contributed by atoms with Crippen LogP contribution in [-0.2, 0) is 4.74 Å². The molecule has 1 rings (SSSR count). The minimum Gasteiger partial charge on any atom is -0.371 e. The highest BCUT2D eigenvalue weighted by Crippen LogP contribution is 2.18. The van der Waals surface area contributed by atoms with E-state index in [4.69, 9.17) is 10.5 Å². The number of hydrogen-bond donors (Lipinski definition) is 1. The third kappa shape index (κ3) is 1.55. The van der Waals surface area contributed by atoms with E-state index in [1.165, 1.54) is 0 Å². The first kappa shape index (κ1) is 8.97. The van der Waals surface area contributed by atoms with Crippen LogP contribution in [0.1, 0.15) is 20.8 Å². The van der Waals surface area contributed by atoms with Gasteiger partial charge in [0.2, 0.25) is 0 Å². The molecule has 4 atom stereocenters. The second-order valence-corrected chi connectivity index (χ2v) is 3.44. The molecule has 0 aromatic heterocycles. The Kier molecular flexibility index (Phi) is 2.52. The fourth-order valence-corrected chi connectivity index (χ4v) is 1.47. The smallest absolute Gasteiger partial charge is 0.0840 e. The van der Waals surface area contributed by atoms with Crippen LogP contribution in [0.5, 0.6) is 0 Å². The van der Waals surface area contributed by atoms with Gasteiger partial charge in [0.15, 0.2) is 0 Å². The van der Waals surface area contributed by atoms with Gasteiger partial charge in [0.25, 0.3) is 0 Å². The highest BCUT2D eigenvalue weighted by molar-refractivity contribution is 4.83. The molecule has 1 saturated heterocycles. The number of rotatable bonds is 0. The van der Waals surface area contributed by atoms with Crippen molar-refractivity contribution in [3.8, 4) is 0 Å². The number of morpholine rings is 1. The van der Waals surface area contributed by atoms with Gasteiger partial charge in [0, 0.05) is 6.04 Å². The molecule has 0 saturated carbocycles. The predicted octanol–water partition coefficient (Wildman–Crippen LogP) is 0.399. The van der Waals surface area contributed by atoms with Crippen molar-refractivity contribution in [1.82, 2.24) is 4.90 Å². The second-order valence-electron chi connectivity index (χ2n) is 3.44. The monoisotopic (exact) mass is 158 g/mol. The maximum atomic E-state index is 5.88. The zero-order valence-electron chi connectivity index (χ0n) is 7.74. The highest BCUT2D eigenvalue weighted by Gasteiger charge is 2.32. The van der Waals surface area contributed by atoms with Crippen molar-refractivity contribution < 1.29 is 4.74 Å². The SMILES string of the molecule is CC1OC(C)C(N)N(C)C1C. The summed E-state index contributed by atoms with van der Waals surface area (Å²) in [5.74, 6) is 0. The van der Waals surface area contributed by atoms with Gasteiger partial charge in [0.05, 0.1) is 18.4 Å². The molecule has 1 fully saturated rings. The van der Waals surface area contributed by atoms with Crippen LogP contribution < -0.4 is 5.73 Å². The minimum absolute atomic E-state index is 0.0428. The third-order valence-corrected chi connectivity index (χ3v) is 2.70. The molecule has 11 heavy (non-hydrogen) atoms. The summed E-state index contributed by atoms with van der Waals surface area (Å²) in [7, 11) is 2.05. The second kappa shape index (κ2) is 3.09. The molecule has 4 unspecified atom stereocenters. The lowest BCUT2D eigenvalue weighted by Crippen LogP contribution is -2.60. The van der Waals surface area contributed by atoms with Crippen LogP contribution in [0.4, 0.5) is 0 Å². The van der Waals surface area contributed by atoms with E-state index >= 15 is 0 Å². The molecule has 1 aliphatic heterocycles. The van der Waals surface area contributed by atoms with Crippen molar-refractivity contribution in [2.24, 2.45) is 5.73 Å². The van der Waals surface area contributed by atoms with E-state index in [9.17, 15) is 0 Å². The Morgan fingerprint density at radius 3 is 2.27 bits per heavy atom. The highest BCUT2D eigenvalue weighted by atomic mass is 16.5. The molecule has 0 aliphatic carbocycles. The first-order valence-corrected chi connectivity index (χ1v) is 4.17. The third-order valence-electron chi connectivity index (χ3n) is 2.70. The van der Waals surface area contributed by atoms with E-state index in [0.29, 0.717) is 6.04 Å². The Bertz CT molecular complexity index is 126. The summed E-state index contributed by atoms with van der Waals surface area (Å²) >= 11 is 0. The molecular formula is C8H18N2O. The maximum absolute atomic E-state index is 5.88. The number of nitrogens with zero attached hydrogens (tertiary/aromatic N) is 1. The lowest BCUT2D eigenvalue weighted by molar-refractivity contribution is -0.123. The Hall–Kier alpha value is -0.120. The maximum Gasteiger partial charge on any atom is 0.0840 e. The lowest BCUT2D eigenvalue weighted by atomic mass is 10.1. The molecule has 0 aromatic carbocycles. The van der Waals surface area contributed by atoms with E-state index in [1.54, 1.807) is 0 Å². The molecular weight excluding hydrogens is 140 g/mol. The fraction of sp³-hybridized carbons (Fsp3) is 1.00. The Balaban J connectivity index is 2.63. The topological polar surface area (TPSA) is 38.5 Å². The van der Waals surface area contributed by atoms with Gasteiger partial charge in [-0.05, 0) is 27.8 Å². The van der Waals surface area contributed by atoms with Crippen LogP contribution in [-0.4, -0.2) is 36.4 Å². The Morgan fingerprint density at radius 1 is 1.18 bits per heavy atom. The van der Waals surface area contributed by atoms with Gasteiger partial charge in [-0.15, -0.1) is 0 Å². The van der Waals surface area contributed by atoms with Gasteiger partial charge in [-0.2, -0.15) is 0 Å². The first-order chi connectivity index (χ1) is 5.04. The average Bonchev–Trinajstić information content (AvgIpc) is 1.97. The van der Waals surface area contributed by atoms with Crippen LogP contribution in [0, 0.1) is 0 Å². The van der Waals surface area contributed by atoms with Crippen molar-refractivity contribution in [2.45, 2.75) is 45.2 Å². The summed E-state index contributed by atoms with van der Waals surface area (Å²) in [5.41, 5.74) is 5.88. The Labute approximate surface area is 68.5 Å². The minimum atomic E-state index is 0.0428. The fourth-order valence-electron chi connectivity index (χ4n) is 1.47. The standard InChI is InChI=1S/C8H18N2O/c1-5-6(2)11-7(3)8(9)10(5)4/h5-8H,9H2,1-4H3. The summed E-state index contributed by atoms with van der Waals surface area (Å²) in [4.78, 5) is 2.17. The van der Waals surface area contributed by atoms with Crippen molar-refractivity contribution in [2.75, 3.05) is 7.05 Å². The molecule has 0 bridgehead atoms. The molecule has 0 spiro atoms. The van der Waals surface area contributed by atoms with Crippen LogP contribution in [0.3, 0.4) is 0 Å². The molecule has 66 valence electrons. The Morgan fingerprint density at radius 2 is 1.73 bits per heavy atom. The van der Waals surface area contributed by atoms with E-state index in [-0.39, 0.29) is 18.4 Å². The molecule has 2 N–H and O–H groups in total. The summed E-state index contributed by atoms with van der Waals surface area (Å²) in [5, 5.41) is 0. The van der Waals surface area contributed by atoms with E-state index in [1.807, 2.05) is 14.0 Å². The lowest BCUT2D eigenvalue weighted by Gasteiger charge is -2.43. The van der Waals surface area contributed by atoms with Crippen LogP contribution in [0.2, 0.25) is 0 Å². The number of ether oxygens (including phenoxy) is 1. The van der Waals surface area contributed by atoms with Crippen molar-refractivity contribution >= 4 is 0 Å². The van der Waals surface area contributed by atoms with Gasteiger partial charge in [-0.1, -0.05) is 0 Å². The normalized spacial score (nSPS) is 47.7. The number of hydrogen-bond acceptors (Lipinski definition) is 3. The molecule has 1 aliphatic rings. The summed E-state index contributed by atoms with van der Waals surface area (Å²) in [6.07, 6.45) is 0.474. The van der Waals surface area contributed by atoms with Crippen molar-refractivity contribution in [3.05, 3.63) is 0 Å². The van der Waals surface area contributed by atoms with E-state index in [2.05, 4.69) is 18.7 Å². The van der Waals surface area contributed by atoms with E-state index < -0.39 is 0 Å². The molecule has 3 nitrogen and oxygen atoms in total. The van der Waals surface area contributed by atoms with Gasteiger partial charge in [-0.3, -0.25) is 4.90 Å². The van der Waals surface area contributed by atoms with Gasteiger partial charge >= 0.3 is 0 Å². The summed E-state index contributed by atoms with van der Waals surface area (Å²) < 4.78 is 5.61. The van der Waals surface area contributed by atoms with E-state index in [0.717, 1.165) is 0 Å². The zero-order valence-corrected chi connectivity index (χ0v) is 7.74. The van der Waals surface area contributed by atoms with Crippen molar-refractivity contribution in [1.29, 1.82) is 0 Å². The molecule has 0 aromatic rings.